The molecule has 1 saturated heterocycles. The minimum atomic E-state index is -3.53. The molecule has 0 spiro atoms. The zero-order chi connectivity index (χ0) is 15.3. The molecule has 0 aromatic heterocycles. The third-order valence-electron chi connectivity index (χ3n) is 4.62. The van der Waals surface area contributed by atoms with Gasteiger partial charge in [-0.25, -0.2) is 4.72 Å². The van der Waals surface area contributed by atoms with Crippen molar-refractivity contribution in [3.8, 4) is 0 Å². The molecule has 122 valence electrons. The lowest BCUT2D eigenvalue weighted by molar-refractivity contribution is -0.142. The van der Waals surface area contributed by atoms with Gasteiger partial charge in [-0.1, -0.05) is 25.7 Å². The number of nitrogens with one attached hydrogen (secondary N) is 1. The first-order chi connectivity index (χ1) is 9.99. The maximum Gasteiger partial charge on any atom is 0.307 e. The molecule has 1 unspecified atom stereocenters. The monoisotopic (exact) mass is 318 g/mol. The summed E-state index contributed by atoms with van der Waals surface area (Å²) in [5, 5.41) is 9.02. The first kappa shape index (κ1) is 16.7. The van der Waals surface area contributed by atoms with E-state index in [1.165, 1.54) is 30.0 Å². The Hall–Kier alpha value is -0.660. The van der Waals surface area contributed by atoms with Crippen LogP contribution in [-0.2, 0) is 15.0 Å². The third kappa shape index (κ3) is 4.93. The van der Waals surface area contributed by atoms with Crippen molar-refractivity contribution >= 4 is 16.2 Å². The summed E-state index contributed by atoms with van der Waals surface area (Å²) in [4.78, 5) is 11.0. The van der Waals surface area contributed by atoms with Crippen LogP contribution in [0.3, 0.4) is 0 Å². The Kier molecular flexibility index (Phi) is 6.01. The molecule has 21 heavy (non-hydrogen) atoms. The van der Waals surface area contributed by atoms with Crippen molar-refractivity contribution in [3.63, 3.8) is 0 Å². The maximum absolute atomic E-state index is 12.2. The predicted octanol–water partition coefficient (Wildman–Crippen LogP) is 1.59. The first-order valence-corrected chi connectivity index (χ1v) is 9.40. The summed E-state index contributed by atoms with van der Waals surface area (Å²) < 4.78 is 28.2. The second kappa shape index (κ2) is 7.56. The van der Waals surface area contributed by atoms with Gasteiger partial charge < -0.3 is 5.11 Å². The highest BCUT2D eigenvalue weighted by molar-refractivity contribution is 7.87. The van der Waals surface area contributed by atoms with Gasteiger partial charge in [0.15, 0.2) is 0 Å². The van der Waals surface area contributed by atoms with E-state index in [-0.39, 0.29) is 6.54 Å². The van der Waals surface area contributed by atoms with Crippen molar-refractivity contribution in [1.82, 2.24) is 9.03 Å². The summed E-state index contributed by atoms with van der Waals surface area (Å²) in [5.41, 5.74) is 0. The second-order valence-corrected chi connectivity index (χ2v) is 7.98. The fourth-order valence-corrected chi connectivity index (χ4v) is 4.68. The maximum atomic E-state index is 12.2. The number of carbonyl (C=O) groups is 1. The molecule has 0 aromatic carbocycles. The van der Waals surface area contributed by atoms with Gasteiger partial charge in [0, 0.05) is 19.6 Å². The highest BCUT2D eigenvalue weighted by Gasteiger charge is 2.31. The Labute approximate surface area is 127 Å². The van der Waals surface area contributed by atoms with E-state index in [4.69, 9.17) is 5.11 Å². The van der Waals surface area contributed by atoms with Crippen LogP contribution < -0.4 is 4.72 Å². The lowest BCUT2D eigenvalue weighted by atomic mass is 10.0. The third-order valence-corrected chi connectivity index (χ3v) is 6.20. The first-order valence-electron chi connectivity index (χ1n) is 7.96. The minimum absolute atomic E-state index is 0.0906. The number of nitrogens with zero attached hydrogens (tertiary/aromatic N) is 1. The lowest BCUT2D eigenvalue weighted by Crippen LogP contribution is -2.47. The average Bonchev–Trinajstić information content (AvgIpc) is 2.97. The number of carboxylic acids is 1. The molecule has 1 atom stereocenters. The van der Waals surface area contributed by atoms with Gasteiger partial charge in [0.1, 0.15) is 0 Å². The van der Waals surface area contributed by atoms with E-state index in [1.807, 2.05) is 0 Å². The molecule has 2 rings (SSSR count). The van der Waals surface area contributed by atoms with Crippen molar-refractivity contribution in [2.24, 2.45) is 11.8 Å². The molecule has 1 saturated carbocycles. The molecule has 2 N–H and O–H groups in total. The van der Waals surface area contributed by atoms with Crippen LogP contribution in [0.15, 0.2) is 0 Å². The Morgan fingerprint density at radius 1 is 1.19 bits per heavy atom. The van der Waals surface area contributed by atoms with Gasteiger partial charge >= 0.3 is 5.97 Å². The summed E-state index contributed by atoms with van der Waals surface area (Å²) in [7, 11) is -3.53. The predicted molar refractivity (Wildman–Crippen MR) is 80.0 cm³/mol. The van der Waals surface area contributed by atoms with E-state index in [9.17, 15) is 13.2 Å². The average molecular weight is 318 g/mol. The Balaban J connectivity index is 1.73. The van der Waals surface area contributed by atoms with E-state index in [1.54, 1.807) is 0 Å². The molecular weight excluding hydrogens is 292 g/mol. The lowest BCUT2D eigenvalue weighted by Gasteiger charge is -2.29. The molecule has 0 radical (unpaired) electrons. The summed E-state index contributed by atoms with van der Waals surface area (Å²) >= 11 is 0. The zero-order valence-electron chi connectivity index (χ0n) is 12.5. The Morgan fingerprint density at radius 3 is 2.57 bits per heavy atom. The van der Waals surface area contributed by atoms with Gasteiger partial charge in [0.2, 0.25) is 0 Å². The van der Waals surface area contributed by atoms with Gasteiger partial charge in [0.25, 0.3) is 10.2 Å². The number of rotatable bonds is 7. The fraction of sp³-hybridized carbons (Fsp3) is 0.929. The topological polar surface area (TPSA) is 86.7 Å². The zero-order valence-corrected chi connectivity index (χ0v) is 13.3. The summed E-state index contributed by atoms with van der Waals surface area (Å²) in [6, 6.07) is 0. The van der Waals surface area contributed by atoms with E-state index in [0.717, 1.165) is 18.8 Å². The van der Waals surface area contributed by atoms with Gasteiger partial charge in [-0.3, -0.25) is 4.79 Å². The summed E-state index contributed by atoms with van der Waals surface area (Å²) in [6.45, 7) is 0.960. The standard InChI is InChI=1S/C14H26N2O4S/c17-14(18)13-8-4-10-16(11-13)21(19,20)15-9-3-7-12-5-1-2-6-12/h12-13,15H,1-11H2,(H,17,18). The van der Waals surface area contributed by atoms with Gasteiger partial charge in [-0.15, -0.1) is 0 Å². The largest absolute Gasteiger partial charge is 0.481 e. The van der Waals surface area contributed by atoms with Crippen LogP contribution in [0.1, 0.15) is 51.4 Å². The smallest absolute Gasteiger partial charge is 0.307 e. The number of carboxylic acid groups (broad SMARTS) is 1. The number of hydrogen-bond acceptors (Lipinski definition) is 3. The fourth-order valence-electron chi connectivity index (χ4n) is 3.34. The molecule has 0 amide bonds. The molecule has 1 heterocycles. The van der Waals surface area contributed by atoms with Gasteiger partial charge in [-0.2, -0.15) is 12.7 Å². The van der Waals surface area contributed by atoms with Crippen molar-refractivity contribution < 1.29 is 18.3 Å². The quantitative estimate of drug-likeness (QED) is 0.698. The molecule has 0 aromatic rings. The molecule has 6 nitrogen and oxygen atoms in total. The van der Waals surface area contributed by atoms with Crippen LogP contribution in [0.2, 0.25) is 0 Å². The molecule has 2 aliphatic rings. The number of aliphatic carboxylic acids is 1. The highest BCUT2D eigenvalue weighted by Crippen LogP contribution is 2.28. The van der Waals surface area contributed by atoms with Crippen LogP contribution in [0.5, 0.6) is 0 Å². The van der Waals surface area contributed by atoms with Crippen LogP contribution in [0.4, 0.5) is 0 Å². The molecule has 0 bridgehead atoms. The van der Waals surface area contributed by atoms with E-state index in [2.05, 4.69) is 4.72 Å². The Bertz CT molecular complexity index is 446. The van der Waals surface area contributed by atoms with Crippen LogP contribution in [0, 0.1) is 11.8 Å². The van der Waals surface area contributed by atoms with Crippen LogP contribution in [-0.4, -0.2) is 43.4 Å². The van der Waals surface area contributed by atoms with Crippen molar-refractivity contribution in [2.45, 2.75) is 51.4 Å². The summed E-state index contributed by atoms with van der Waals surface area (Å²) in [5.74, 6) is -0.717. The van der Waals surface area contributed by atoms with Gasteiger partial charge in [0.05, 0.1) is 5.92 Å². The molecular formula is C14H26N2O4S. The normalized spacial score (nSPS) is 25.2. The number of piperidine rings is 1. The van der Waals surface area contributed by atoms with Crippen LogP contribution in [0.25, 0.3) is 0 Å². The van der Waals surface area contributed by atoms with Crippen molar-refractivity contribution in [3.05, 3.63) is 0 Å². The molecule has 2 fully saturated rings. The van der Waals surface area contributed by atoms with Crippen LogP contribution >= 0.6 is 0 Å². The molecule has 7 heteroatoms. The Morgan fingerprint density at radius 2 is 1.90 bits per heavy atom. The SMILES string of the molecule is O=C(O)C1CCCN(S(=O)(=O)NCCCC2CCCC2)C1. The second-order valence-electron chi connectivity index (χ2n) is 6.23. The van der Waals surface area contributed by atoms with E-state index < -0.39 is 22.1 Å². The van der Waals surface area contributed by atoms with Crippen molar-refractivity contribution in [1.29, 1.82) is 0 Å². The summed E-state index contributed by atoms with van der Waals surface area (Å²) in [6.07, 6.45) is 8.28. The molecule has 1 aliphatic carbocycles. The van der Waals surface area contributed by atoms with Gasteiger partial charge in [-0.05, 0) is 31.6 Å². The molecule has 1 aliphatic heterocycles. The van der Waals surface area contributed by atoms with Crippen molar-refractivity contribution in [2.75, 3.05) is 19.6 Å². The highest BCUT2D eigenvalue weighted by atomic mass is 32.2. The van der Waals surface area contributed by atoms with E-state index >= 15 is 0 Å². The minimum Gasteiger partial charge on any atom is -0.481 e. The van der Waals surface area contributed by atoms with E-state index in [0.29, 0.717) is 25.9 Å². The number of hydrogen-bond donors (Lipinski definition) is 2.